The first-order valence-corrected chi connectivity index (χ1v) is 5.41. The lowest BCUT2D eigenvalue weighted by molar-refractivity contribution is -0.117. The van der Waals surface area contributed by atoms with Gasteiger partial charge in [-0.1, -0.05) is 0 Å². The number of aliphatic imine (C=N–C) groups is 1. The second-order valence-corrected chi connectivity index (χ2v) is 4.15. The van der Waals surface area contributed by atoms with Crippen LogP contribution in [0.15, 0.2) is 23.2 Å². The van der Waals surface area contributed by atoms with Crippen molar-refractivity contribution in [1.82, 2.24) is 0 Å². The van der Waals surface area contributed by atoms with E-state index in [2.05, 4.69) is 10.3 Å². The standard InChI is InChI=1S/C12H12N2O2/c15-12(8-1-2-8)14-10-3-4-11-9(5-10)6-16-7-13-11/h3-5,7-8H,1-2,6H2,(H,14,15). The van der Waals surface area contributed by atoms with Crippen molar-refractivity contribution in [1.29, 1.82) is 0 Å². The first kappa shape index (κ1) is 9.39. The number of benzene rings is 1. The van der Waals surface area contributed by atoms with Gasteiger partial charge in [0, 0.05) is 17.2 Å². The van der Waals surface area contributed by atoms with Crippen molar-refractivity contribution >= 4 is 23.7 Å². The summed E-state index contributed by atoms with van der Waals surface area (Å²) in [6.45, 7) is 0.520. The molecule has 0 aromatic heterocycles. The van der Waals surface area contributed by atoms with Crippen LogP contribution in [0.3, 0.4) is 0 Å². The van der Waals surface area contributed by atoms with E-state index in [9.17, 15) is 4.79 Å². The minimum atomic E-state index is 0.125. The van der Waals surface area contributed by atoms with Gasteiger partial charge in [0.1, 0.15) is 6.61 Å². The molecule has 1 fully saturated rings. The summed E-state index contributed by atoms with van der Waals surface area (Å²) in [5.74, 6) is 0.352. The van der Waals surface area contributed by atoms with Crippen LogP contribution in [0, 0.1) is 5.92 Å². The zero-order chi connectivity index (χ0) is 11.0. The van der Waals surface area contributed by atoms with Crippen LogP contribution in [0.1, 0.15) is 18.4 Å². The summed E-state index contributed by atoms with van der Waals surface area (Å²) in [6, 6.07) is 5.70. The molecule has 0 unspecified atom stereocenters. The van der Waals surface area contributed by atoms with Gasteiger partial charge >= 0.3 is 0 Å². The molecule has 2 aliphatic rings. The Morgan fingerprint density at radius 2 is 2.31 bits per heavy atom. The monoisotopic (exact) mass is 216 g/mol. The van der Waals surface area contributed by atoms with Gasteiger partial charge in [0.25, 0.3) is 0 Å². The van der Waals surface area contributed by atoms with Crippen LogP contribution in [-0.2, 0) is 16.1 Å². The average molecular weight is 216 g/mol. The molecule has 0 bridgehead atoms. The number of hydrogen-bond acceptors (Lipinski definition) is 3. The Kier molecular flexibility index (Phi) is 2.13. The summed E-state index contributed by atoms with van der Waals surface area (Å²) in [7, 11) is 0. The Balaban J connectivity index is 1.80. The maximum atomic E-state index is 11.6. The fourth-order valence-electron chi connectivity index (χ4n) is 1.72. The lowest BCUT2D eigenvalue weighted by Crippen LogP contribution is -2.13. The van der Waals surface area contributed by atoms with Crippen LogP contribution in [0.5, 0.6) is 0 Å². The molecule has 1 aromatic carbocycles. The average Bonchev–Trinajstić information content (AvgIpc) is 3.12. The van der Waals surface area contributed by atoms with Crippen molar-refractivity contribution in [3.63, 3.8) is 0 Å². The van der Waals surface area contributed by atoms with E-state index in [1.807, 2.05) is 18.2 Å². The van der Waals surface area contributed by atoms with Gasteiger partial charge in [-0.25, -0.2) is 4.99 Å². The molecular formula is C12H12N2O2. The maximum absolute atomic E-state index is 11.6. The second kappa shape index (κ2) is 3.63. The molecule has 1 N–H and O–H groups in total. The number of anilines is 1. The normalized spacial score (nSPS) is 17.5. The van der Waals surface area contributed by atoms with Gasteiger partial charge in [0.2, 0.25) is 5.91 Å². The number of hydrogen-bond donors (Lipinski definition) is 1. The van der Waals surface area contributed by atoms with Crippen LogP contribution in [-0.4, -0.2) is 12.3 Å². The van der Waals surface area contributed by atoms with Crippen LogP contribution in [0.4, 0.5) is 11.4 Å². The fraction of sp³-hybridized carbons (Fsp3) is 0.333. The molecule has 1 amide bonds. The third-order valence-electron chi connectivity index (χ3n) is 2.80. The van der Waals surface area contributed by atoms with E-state index < -0.39 is 0 Å². The molecule has 0 radical (unpaired) electrons. The highest BCUT2D eigenvalue weighted by Crippen LogP contribution is 2.31. The Bertz CT molecular complexity index is 464. The Labute approximate surface area is 93.3 Å². The molecule has 1 heterocycles. The molecule has 82 valence electrons. The van der Waals surface area contributed by atoms with Gasteiger partial charge in [-0.3, -0.25) is 4.79 Å². The number of carbonyl (C=O) groups excluding carboxylic acids is 1. The van der Waals surface area contributed by atoms with Crippen molar-refractivity contribution in [2.24, 2.45) is 10.9 Å². The zero-order valence-electron chi connectivity index (χ0n) is 8.77. The summed E-state index contributed by atoms with van der Waals surface area (Å²) in [4.78, 5) is 15.7. The SMILES string of the molecule is O=C(Nc1ccc2c(c1)COC=N2)C1CC1. The third kappa shape index (κ3) is 1.78. The molecule has 0 saturated heterocycles. The zero-order valence-corrected chi connectivity index (χ0v) is 8.77. The summed E-state index contributed by atoms with van der Waals surface area (Å²) in [5.41, 5.74) is 2.75. The van der Waals surface area contributed by atoms with E-state index in [1.54, 1.807) is 0 Å². The molecule has 1 aliphatic heterocycles. The van der Waals surface area contributed by atoms with E-state index in [-0.39, 0.29) is 11.8 Å². The number of rotatable bonds is 2. The minimum absolute atomic E-state index is 0.125. The Hall–Kier alpha value is -1.84. The van der Waals surface area contributed by atoms with Crippen molar-refractivity contribution in [2.45, 2.75) is 19.4 Å². The van der Waals surface area contributed by atoms with Crippen LogP contribution < -0.4 is 5.32 Å². The molecule has 4 nitrogen and oxygen atoms in total. The topological polar surface area (TPSA) is 50.7 Å². The first-order valence-electron chi connectivity index (χ1n) is 5.41. The largest absolute Gasteiger partial charge is 0.478 e. The number of amides is 1. The molecule has 0 spiro atoms. The summed E-state index contributed by atoms with van der Waals surface area (Å²) >= 11 is 0. The molecule has 1 aromatic rings. The molecule has 1 saturated carbocycles. The molecule has 16 heavy (non-hydrogen) atoms. The second-order valence-electron chi connectivity index (χ2n) is 4.15. The van der Waals surface area contributed by atoms with Gasteiger partial charge in [-0.2, -0.15) is 0 Å². The molecule has 3 rings (SSSR count). The van der Waals surface area contributed by atoms with Gasteiger partial charge < -0.3 is 10.1 Å². The summed E-state index contributed by atoms with van der Waals surface area (Å²) < 4.78 is 5.11. The predicted molar refractivity (Wildman–Crippen MR) is 60.7 cm³/mol. The molecule has 0 atom stereocenters. The number of carbonyl (C=O) groups is 1. The molecule has 1 aliphatic carbocycles. The maximum Gasteiger partial charge on any atom is 0.227 e. The van der Waals surface area contributed by atoms with Crippen molar-refractivity contribution in [3.05, 3.63) is 23.8 Å². The van der Waals surface area contributed by atoms with Gasteiger partial charge in [-0.05, 0) is 31.0 Å². The predicted octanol–water partition coefficient (Wildman–Crippen LogP) is 2.23. The lowest BCUT2D eigenvalue weighted by Gasteiger charge is -2.12. The van der Waals surface area contributed by atoms with E-state index in [0.29, 0.717) is 6.61 Å². The number of nitrogens with one attached hydrogen (secondary N) is 1. The van der Waals surface area contributed by atoms with Crippen LogP contribution in [0.25, 0.3) is 0 Å². The van der Waals surface area contributed by atoms with E-state index >= 15 is 0 Å². The number of nitrogens with zero attached hydrogens (tertiary/aromatic N) is 1. The van der Waals surface area contributed by atoms with Crippen molar-refractivity contribution < 1.29 is 9.53 Å². The van der Waals surface area contributed by atoms with Gasteiger partial charge in [-0.15, -0.1) is 0 Å². The highest BCUT2D eigenvalue weighted by Gasteiger charge is 2.29. The van der Waals surface area contributed by atoms with Crippen LogP contribution in [0.2, 0.25) is 0 Å². The third-order valence-corrected chi connectivity index (χ3v) is 2.80. The van der Waals surface area contributed by atoms with Gasteiger partial charge in [0.05, 0.1) is 5.69 Å². The molecular weight excluding hydrogens is 204 g/mol. The highest BCUT2D eigenvalue weighted by atomic mass is 16.5. The van der Waals surface area contributed by atoms with Gasteiger partial charge in [0.15, 0.2) is 6.40 Å². The van der Waals surface area contributed by atoms with E-state index in [4.69, 9.17) is 4.74 Å². The quantitative estimate of drug-likeness (QED) is 0.824. The summed E-state index contributed by atoms with van der Waals surface area (Å²) in [5, 5.41) is 2.91. The van der Waals surface area contributed by atoms with E-state index in [1.165, 1.54) is 6.40 Å². The summed E-state index contributed by atoms with van der Waals surface area (Å²) in [6.07, 6.45) is 3.49. The van der Waals surface area contributed by atoms with Crippen molar-refractivity contribution in [3.8, 4) is 0 Å². The first-order chi connectivity index (χ1) is 7.83. The lowest BCUT2D eigenvalue weighted by atomic mass is 10.1. The number of ether oxygens (including phenoxy) is 1. The Morgan fingerprint density at radius 1 is 1.44 bits per heavy atom. The Morgan fingerprint density at radius 3 is 3.12 bits per heavy atom. The smallest absolute Gasteiger partial charge is 0.227 e. The fourth-order valence-corrected chi connectivity index (χ4v) is 1.72. The molecule has 4 heteroatoms. The number of fused-ring (bicyclic) bond motifs is 1. The van der Waals surface area contributed by atoms with Crippen molar-refractivity contribution in [2.75, 3.05) is 5.32 Å². The minimum Gasteiger partial charge on any atom is -0.478 e. The highest BCUT2D eigenvalue weighted by molar-refractivity contribution is 5.94. The van der Waals surface area contributed by atoms with Crippen LogP contribution >= 0.6 is 0 Å². The van der Waals surface area contributed by atoms with E-state index in [0.717, 1.165) is 29.8 Å².